The Hall–Kier alpha value is -3.33. The van der Waals surface area contributed by atoms with Crippen LogP contribution in [-0.4, -0.2) is 52.4 Å². The average molecular weight is 428 g/mol. The maximum Gasteiger partial charge on any atom is 0.319 e. The zero-order chi connectivity index (χ0) is 20.9. The van der Waals surface area contributed by atoms with E-state index in [0.29, 0.717) is 29.0 Å². The summed E-state index contributed by atoms with van der Waals surface area (Å²) in [6.07, 6.45) is 3.90. The fraction of sp³-hybridized carbons (Fsp3) is 0.300. The van der Waals surface area contributed by atoms with E-state index in [2.05, 4.69) is 35.7 Å². The molecule has 4 rings (SSSR count). The van der Waals surface area contributed by atoms with Gasteiger partial charge in [-0.15, -0.1) is 0 Å². The molecule has 9 nitrogen and oxygen atoms in total. The number of aromatic nitrogens is 4. The lowest BCUT2D eigenvalue weighted by Gasteiger charge is -2.38. The molecule has 1 aliphatic rings. The van der Waals surface area contributed by atoms with Gasteiger partial charge in [0.2, 0.25) is 5.95 Å². The molecule has 2 aromatic heterocycles. The van der Waals surface area contributed by atoms with Crippen LogP contribution >= 0.6 is 11.6 Å². The van der Waals surface area contributed by atoms with E-state index in [4.69, 9.17) is 16.3 Å². The summed E-state index contributed by atoms with van der Waals surface area (Å²) in [5, 5.41) is 13.4. The number of amides is 2. The lowest BCUT2D eigenvalue weighted by atomic mass is 9.89. The molecule has 1 saturated heterocycles. The van der Waals surface area contributed by atoms with Crippen LogP contribution in [0.4, 0.5) is 16.4 Å². The number of nitrogens with zero attached hydrogens (tertiary/aromatic N) is 4. The van der Waals surface area contributed by atoms with Crippen LogP contribution in [0.1, 0.15) is 18.0 Å². The van der Waals surface area contributed by atoms with Gasteiger partial charge in [-0.2, -0.15) is 10.1 Å². The summed E-state index contributed by atoms with van der Waals surface area (Å²) in [5.41, 5.74) is 1.55. The molecule has 1 aliphatic heterocycles. The molecule has 3 aromatic rings. The number of urea groups is 1. The van der Waals surface area contributed by atoms with Crippen molar-refractivity contribution in [1.29, 1.82) is 0 Å². The Morgan fingerprint density at radius 1 is 1.23 bits per heavy atom. The molecule has 1 fully saturated rings. The molecule has 0 radical (unpaired) electrons. The zero-order valence-corrected chi connectivity index (χ0v) is 17.1. The second kappa shape index (κ2) is 9.00. The average Bonchev–Trinajstić information content (AvgIpc) is 3.31. The molecule has 0 saturated carbocycles. The van der Waals surface area contributed by atoms with Crippen LogP contribution in [0.15, 0.2) is 48.9 Å². The number of pyridine rings is 1. The largest absolute Gasteiger partial charge is 0.495 e. The van der Waals surface area contributed by atoms with Gasteiger partial charge in [0, 0.05) is 41.5 Å². The number of carbonyl (C=O) groups is 1. The molecule has 0 bridgehead atoms. The summed E-state index contributed by atoms with van der Waals surface area (Å²) < 4.78 is 5.22. The summed E-state index contributed by atoms with van der Waals surface area (Å²) in [7, 11) is 1.61. The lowest BCUT2D eigenvalue weighted by molar-refractivity contribution is 0.243. The number of hydrogen-bond acceptors (Lipinski definition) is 6. The van der Waals surface area contributed by atoms with Crippen molar-refractivity contribution in [3.05, 3.63) is 59.6 Å². The normalized spacial score (nSPS) is 18.7. The Morgan fingerprint density at radius 3 is 2.73 bits per heavy atom. The minimum Gasteiger partial charge on any atom is -0.495 e. The van der Waals surface area contributed by atoms with Crippen molar-refractivity contribution in [2.75, 3.05) is 30.4 Å². The fourth-order valence-electron chi connectivity index (χ4n) is 3.57. The van der Waals surface area contributed by atoms with Crippen LogP contribution in [0, 0.1) is 0 Å². The van der Waals surface area contributed by atoms with Crippen LogP contribution in [-0.2, 0) is 0 Å². The third-order valence-corrected chi connectivity index (χ3v) is 5.36. The molecule has 2 amide bonds. The number of anilines is 2. The molecule has 0 aliphatic carbocycles. The first-order valence-electron chi connectivity index (χ1n) is 9.55. The monoisotopic (exact) mass is 427 g/mol. The number of rotatable bonds is 5. The number of halogens is 1. The van der Waals surface area contributed by atoms with E-state index in [9.17, 15) is 4.79 Å². The standard InChI is InChI=1S/C20H22ClN7O2/c1-30-15-6-7-17(22-10-15)16-11-28(19-23-12-24-27-19)9-8-18(16)26-20(29)25-14-4-2-13(21)3-5-14/h2-7,10,12,16,18H,8-9,11H2,1H3,(H,23,24,27)(H2,25,26,29). The Labute approximate surface area is 178 Å². The third kappa shape index (κ3) is 4.62. The molecular formula is C20H22ClN7O2. The van der Waals surface area contributed by atoms with Crippen molar-refractivity contribution in [2.45, 2.75) is 18.4 Å². The Bertz CT molecular complexity index is 964. The van der Waals surface area contributed by atoms with E-state index >= 15 is 0 Å². The molecule has 1 aromatic carbocycles. The molecule has 2 unspecified atom stereocenters. The van der Waals surface area contributed by atoms with E-state index in [1.807, 2.05) is 12.1 Å². The maximum absolute atomic E-state index is 12.6. The fourth-order valence-corrected chi connectivity index (χ4v) is 3.69. The molecule has 0 spiro atoms. The quantitative estimate of drug-likeness (QED) is 0.577. The highest BCUT2D eigenvalue weighted by Gasteiger charge is 2.33. The van der Waals surface area contributed by atoms with Crippen LogP contribution in [0.3, 0.4) is 0 Å². The summed E-state index contributed by atoms with van der Waals surface area (Å²) >= 11 is 5.91. The van der Waals surface area contributed by atoms with Gasteiger partial charge in [-0.25, -0.2) is 9.89 Å². The first-order valence-corrected chi connectivity index (χ1v) is 9.93. The van der Waals surface area contributed by atoms with Crippen LogP contribution < -0.4 is 20.3 Å². The molecule has 3 N–H and O–H groups in total. The first-order chi connectivity index (χ1) is 14.6. The van der Waals surface area contributed by atoms with E-state index in [1.165, 1.54) is 6.33 Å². The minimum absolute atomic E-state index is 0.0364. The Balaban J connectivity index is 1.50. The van der Waals surface area contributed by atoms with Crippen LogP contribution in [0.5, 0.6) is 5.75 Å². The van der Waals surface area contributed by atoms with Crippen molar-refractivity contribution in [2.24, 2.45) is 0 Å². The Morgan fingerprint density at radius 2 is 2.07 bits per heavy atom. The minimum atomic E-state index is -0.269. The molecule has 10 heteroatoms. The number of piperidine rings is 1. The van der Waals surface area contributed by atoms with E-state index < -0.39 is 0 Å². The SMILES string of the molecule is COc1ccc(C2CN(c3ncn[nH]3)CCC2NC(=O)Nc2ccc(Cl)cc2)nc1. The second-order valence-corrected chi connectivity index (χ2v) is 7.42. The number of benzene rings is 1. The van der Waals surface area contributed by atoms with Gasteiger partial charge in [0.05, 0.1) is 13.3 Å². The van der Waals surface area contributed by atoms with Crippen LogP contribution in [0.2, 0.25) is 5.02 Å². The zero-order valence-electron chi connectivity index (χ0n) is 16.4. The maximum atomic E-state index is 12.6. The highest BCUT2D eigenvalue weighted by Crippen LogP contribution is 2.29. The lowest BCUT2D eigenvalue weighted by Crippen LogP contribution is -2.51. The van der Waals surface area contributed by atoms with Gasteiger partial charge in [-0.1, -0.05) is 11.6 Å². The highest BCUT2D eigenvalue weighted by atomic mass is 35.5. The van der Waals surface area contributed by atoms with Gasteiger partial charge in [-0.3, -0.25) is 4.98 Å². The molecule has 30 heavy (non-hydrogen) atoms. The van der Waals surface area contributed by atoms with Crippen molar-refractivity contribution in [3.63, 3.8) is 0 Å². The van der Waals surface area contributed by atoms with E-state index in [-0.39, 0.29) is 18.0 Å². The van der Waals surface area contributed by atoms with Gasteiger partial charge in [0.1, 0.15) is 12.1 Å². The number of methoxy groups -OCH3 is 1. The second-order valence-electron chi connectivity index (χ2n) is 6.99. The van der Waals surface area contributed by atoms with Crippen molar-refractivity contribution in [3.8, 4) is 5.75 Å². The van der Waals surface area contributed by atoms with Gasteiger partial charge in [0.15, 0.2) is 0 Å². The predicted molar refractivity (Wildman–Crippen MR) is 114 cm³/mol. The number of carbonyl (C=O) groups excluding carboxylic acids is 1. The van der Waals surface area contributed by atoms with Gasteiger partial charge in [0.25, 0.3) is 0 Å². The number of H-pyrrole nitrogens is 1. The summed E-state index contributed by atoms with van der Waals surface area (Å²) in [6.45, 7) is 1.37. The summed E-state index contributed by atoms with van der Waals surface area (Å²) in [5.74, 6) is 1.36. The number of ether oxygens (including phenoxy) is 1. The number of nitrogens with one attached hydrogen (secondary N) is 3. The highest BCUT2D eigenvalue weighted by molar-refractivity contribution is 6.30. The van der Waals surface area contributed by atoms with Gasteiger partial charge >= 0.3 is 6.03 Å². The summed E-state index contributed by atoms with van der Waals surface area (Å²) in [6, 6.07) is 10.4. The van der Waals surface area contributed by atoms with Gasteiger partial charge < -0.3 is 20.3 Å². The van der Waals surface area contributed by atoms with Gasteiger partial charge in [-0.05, 0) is 42.8 Å². The topological polar surface area (TPSA) is 108 Å². The molecule has 2 atom stereocenters. The van der Waals surface area contributed by atoms with Crippen LogP contribution in [0.25, 0.3) is 0 Å². The third-order valence-electron chi connectivity index (χ3n) is 5.11. The van der Waals surface area contributed by atoms with Crippen molar-refractivity contribution < 1.29 is 9.53 Å². The summed E-state index contributed by atoms with van der Waals surface area (Å²) in [4.78, 5) is 23.5. The number of hydrogen-bond donors (Lipinski definition) is 3. The van der Waals surface area contributed by atoms with E-state index in [0.717, 1.165) is 18.7 Å². The van der Waals surface area contributed by atoms with Crippen molar-refractivity contribution >= 4 is 29.3 Å². The Kier molecular flexibility index (Phi) is 5.99. The number of aromatic amines is 1. The predicted octanol–water partition coefficient (Wildman–Crippen LogP) is 3.05. The molecule has 3 heterocycles. The molecular weight excluding hydrogens is 406 g/mol. The first kappa shape index (κ1) is 20.0. The smallest absolute Gasteiger partial charge is 0.319 e. The van der Waals surface area contributed by atoms with E-state index in [1.54, 1.807) is 37.6 Å². The van der Waals surface area contributed by atoms with Crippen molar-refractivity contribution in [1.82, 2.24) is 25.5 Å². The molecule has 156 valence electrons.